The molecule has 4 unspecified atom stereocenters. The average Bonchev–Trinajstić information content (AvgIpc) is 2.85. The molecule has 0 aliphatic carbocycles. The van der Waals surface area contributed by atoms with Crippen LogP contribution < -0.4 is 16.0 Å². The first-order valence-corrected chi connectivity index (χ1v) is 11.7. The standard InChI is InChI=1S/C22H23FN6O5S/c1-27-19-17(21(31)28(2)22(27)32)20(35-11-16(30)24-14-7-5-13(23)6-8-14)26-18(25-19)12-3-9-15(10-4-12)29(33)34/h3-10,17-20,25-26H,11H2,1-2H3,(H,24,30). The number of carbonyl (C=O) groups is 3. The minimum atomic E-state index is -0.694. The van der Waals surface area contributed by atoms with Gasteiger partial charge < -0.3 is 10.2 Å². The molecule has 11 nitrogen and oxygen atoms in total. The zero-order valence-corrected chi connectivity index (χ0v) is 19.6. The van der Waals surface area contributed by atoms with Crippen molar-refractivity contribution >= 4 is 41.0 Å². The number of nitro groups is 1. The van der Waals surface area contributed by atoms with Crippen molar-refractivity contribution in [3.05, 3.63) is 70.0 Å². The molecule has 4 amide bonds. The van der Waals surface area contributed by atoms with Gasteiger partial charge in [-0.3, -0.25) is 35.2 Å². The minimum Gasteiger partial charge on any atom is -0.325 e. The van der Waals surface area contributed by atoms with E-state index in [1.165, 1.54) is 60.1 Å². The number of fused-ring (bicyclic) bond motifs is 1. The van der Waals surface area contributed by atoms with E-state index in [9.17, 15) is 28.9 Å². The topological polar surface area (TPSA) is 137 Å². The smallest absolute Gasteiger partial charge is 0.325 e. The van der Waals surface area contributed by atoms with Crippen LogP contribution in [0.5, 0.6) is 0 Å². The van der Waals surface area contributed by atoms with Crippen molar-refractivity contribution in [3.63, 3.8) is 0 Å². The van der Waals surface area contributed by atoms with E-state index in [2.05, 4.69) is 16.0 Å². The number of nitro benzene ring substituents is 1. The lowest BCUT2D eigenvalue weighted by molar-refractivity contribution is -0.384. The van der Waals surface area contributed by atoms with Crippen LogP contribution in [-0.4, -0.2) is 64.0 Å². The normalized spacial score (nSPS) is 24.2. The van der Waals surface area contributed by atoms with Crippen LogP contribution in [0.4, 0.5) is 20.6 Å². The molecular formula is C22H23FN6O5S. The van der Waals surface area contributed by atoms with Crippen LogP contribution in [0.1, 0.15) is 11.7 Å². The predicted octanol–water partition coefficient (Wildman–Crippen LogP) is 2.09. The summed E-state index contributed by atoms with van der Waals surface area (Å²) < 4.78 is 13.1. The van der Waals surface area contributed by atoms with E-state index >= 15 is 0 Å². The summed E-state index contributed by atoms with van der Waals surface area (Å²) in [4.78, 5) is 51.1. The number of urea groups is 1. The number of amides is 4. The quantitative estimate of drug-likeness (QED) is 0.404. The van der Waals surface area contributed by atoms with E-state index in [1.807, 2.05) is 0 Å². The highest BCUT2D eigenvalue weighted by Crippen LogP contribution is 2.34. The Morgan fingerprint density at radius 3 is 2.40 bits per heavy atom. The van der Waals surface area contributed by atoms with E-state index in [0.717, 1.165) is 4.90 Å². The molecule has 4 rings (SSSR count). The highest BCUT2D eigenvalue weighted by Gasteiger charge is 2.51. The van der Waals surface area contributed by atoms with Gasteiger partial charge in [0.1, 0.15) is 5.82 Å². The lowest BCUT2D eigenvalue weighted by atomic mass is 9.96. The van der Waals surface area contributed by atoms with Crippen LogP contribution >= 0.6 is 11.8 Å². The first-order chi connectivity index (χ1) is 16.7. The van der Waals surface area contributed by atoms with Gasteiger partial charge in [0.15, 0.2) is 0 Å². The molecule has 2 saturated heterocycles. The van der Waals surface area contributed by atoms with Gasteiger partial charge in [-0.15, -0.1) is 11.8 Å². The van der Waals surface area contributed by atoms with E-state index in [4.69, 9.17) is 0 Å². The van der Waals surface area contributed by atoms with Crippen molar-refractivity contribution in [1.29, 1.82) is 0 Å². The molecule has 2 aliphatic rings. The summed E-state index contributed by atoms with van der Waals surface area (Å²) >= 11 is 1.20. The number of rotatable bonds is 6. The third kappa shape index (κ3) is 5.11. The third-order valence-electron chi connectivity index (χ3n) is 5.92. The Bertz CT molecular complexity index is 1150. The number of nitrogens with zero attached hydrogens (tertiary/aromatic N) is 3. The van der Waals surface area contributed by atoms with Gasteiger partial charge >= 0.3 is 6.03 Å². The zero-order valence-electron chi connectivity index (χ0n) is 18.8. The number of hydrogen-bond acceptors (Lipinski definition) is 8. The molecule has 4 atom stereocenters. The summed E-state index contributed by atoms with van der Waals surface area (Å²) in [6.45, 7) is 0. The molecule has 0 aromatic heterocycles. The fourth-order valence-electron chi connectivity index (χ4n) is 4.08. The first kappa shape index (κ1) is 24.6. The number of benzene rings is 2. The van der Waals surface area contributed by atoms with Gasteiger partial charge in [-0.25, -0.2) is 9.18 Å². The van der Waals surface area contributed by atoms with Crippen LogP contribution in [-0.2, 0) is 9.59 Å². The molecule has 35 heavy (non-hydrogen) atoms. The highest BCUT2D eigenvalue weighted by molar-refractivity contribution is 8.00. The Hall–Kier alpha value is -3.55. The van der Waals surface area contributed by atoms with Crippen LogP contribution in [0, 0.1) is 21.8 Å². The predicted molar refractivity (Wildman–Crippen MR) is 127 cm³/mol. The largest absolute Gasteiger partial charge is 0.327 e. The first-order valence-electron chi connectivity index (χ1n) is 10.6. The van der Waals surface area contributed by atoms with Crippen molar-refractivity contribution in [3.8, 4) is 0 Å². The molecule has 2 heterocycles. The molecule has 0 radical (unpaired) electrons. The molecule has 2 aliphatic heterocycles. The van der Waals surface area contributed by atoms with Gasteiger partial charge in [-0.05, 0) is 42.0 Å². The molecule has 2 aromatic rings. The van der Waals surface area contributed by atoms with Crippen molar-refractivity contribution in [2.24, 2.45) is 5.92 Å². The fourth-order valence-corrected chi connectivity index (χ4v) is 5.18. The minimum absolute atomic E-state index is 0.0140. The molecule has 0 saturated carbocycles. The molecule has 2 fully saturated rings. The number of imide groups is 1. The molecule has 184 valence electrons. The molecule has 3 N–H and O–H groups in total. The maximum atomic E-state index is 13.1. The van der Waals surface area contributed by atoms with Gasteiger partial charge in [0.2, 0.25) is 11.8 Å². The van der Waals surface area contributed by atoms with E-state index < -0.39 is 46.3 Å². The van der Waals surface area contributed by atoms with Crippen LogP contribution in [0.25, 0.3) is 0 Å². The molecule has 0 bridgehead atoms. The number of carbonyl (C=O) groups excluding carboxylic acids is 3. The Labute approximate surface area is 204 Å². The van der Waals surface area contributed by atoms with E-state index in [1.54, 1.807) is 19.2 Å². The number of halogens is 1. The van der Waals surface area contributed by atoms with Gasteiger partial charge in [0.05, 0.1) is 34.3 Å². The Morgan fingerprint density at radius 1 is 1.11 bits per heavy atom. The summed E-state index contributed by atoms with van der Waals surface area (Å²) in [7, 11) is 2.99. The summed E-state index contributed by atoms with van der Waals surface area (Å²) in [6.07, 6.45) is -1.20. The number of thioether (sulfide) groups is 1. The Balaban J connectivity index is 1.53. The summed E-state index contributed by atoms with van der Waals surface area (Å²) in [5, 5.41) is 19.7. The molecule has 0 spiro atoms. The molecule has 2 aromatic carbocycles. The summed E-state index contributed by atoms with van der Waals surface area (Å²) in [5.41, 5.74) is 1.05. The van der Waals surface area contributed by atoms with Gasteiger partial charge in [0, 0.05) is 31.9 Å². The third-order valence-corrected chi connectivity index (χ3v) is 7.13. The van der Waals surface area contributed by atoms with E-state index in [-0.39, 0.29) is 17.3 Å². The zero-order chi connectivity index (χ0) is 25.3. The SMILES string of the molecule is CN1C(=O)C2C(SCC(=O)Nc3ccc(F)cc3)NC(c3ccc([N+](=O)[O-])cc3)NC2N(C)C1=O. The van der Waals surface area contributed by atoms with Crippen LogP contribution in [0.3, 0.4) is 0 Å². The van der Waals surface area contributed by atoms with Crippen molar-refractivity contribution in [2.45, 2.75) is 17.7 Å². The lowest BCUT2D eigenvalue weighted by Crippen LogP contribution is -2.72. The summed E-state index contributed by atoms with van der Waals surface area (Å²) in [6, 6.07) is 10.8. The van der Waals surface area contributed by atoms with Crippen molar-refractivity contribution in [1.82, 2.24) is 20.4 Å². The fraction of sp³-hybridized carbons (Fsp3) is 0.318. The Morgan fingerprint density at radius 2 is 1.77 bits per heavy atom. The highest BCUT2D eigenvalue weighted by atomic mass is 32.2. The Kier molecular flexibility index (Phi) is 7.00. The van der Waals surface area contributed by atoms with Crippen molar-refractivity contribution < 1.29 is 23.7 Å². The van der Waals surface area contributed by atoms with E-state index in [0.29, 0.717) is 11.3 Å². The maximum absolute atomic E-state index is 13.1. The van der Waals surface area contributed by atoms with Gasteiger partial charge in [-0.1, -0.05) is 0 Å². The monoisotopic (exact) mass is 502 g/mol. The lowest BCUT2D eigenvalue weighted by Gasteiger charge is -2.50. The van der Waals surface area contributed by atoms with Crippen LogP contribution in [0.15, 0.2) is 48.5 Å². The molecule has 13 heteroatoms. The van der Waals surface area contributed by atoms with Gasteiger partial charge in [0.25, 0.3) is 5.69 Å². The number of non-ortho nitro benzene ring substituents is 1. The molecular weight excluding hydrogens is 479 g/mol. The van der Waals surface area contributed by atoms with Crippen molar-refractivity contribution in [2.75, 3.05) is 25.2 Å². The number of hydrogen-bond donors (Lipinski definition) is 3. The van der Waals surface area contributed by atoms with Crippen LogP contribution in [0.2, 0.25) is 0 Å². The number of anilines is 1. The second-order valence-corrected chi connectivity index (χ2v) is 9.29. The van der Waals surface area contributed by atoms with Gasteiger partial charge in [-0.2, -0.15) is 0 Å². The maximum Gasteiger partial charge on any atom is 0.327 e. The number of nitrogens with one attached hydrogen (secondary N) is 3. The second kappa shape index (κ2) is 9.98. The summed E-state index contributed by atoms with van der Waals surface area (Å²) in [5.74, 6) is -1.86. The second-order valence-electron chi connectivity index (χ2n) is 8.16. The average molecular weight is 503 g/mol.